The molecule has 140 valence electrons. The lowest BCUT2D eigenvalue weighted by Crippen LogP contribution is -2.37. The summed E-state index contributed by atoms with van der Waals surface area (Å²) in [7, 11) is 0. The molecule has 0 bridgehead atoms. The summed E-state index contributed by atoms with van der Waals surface area (Å²) in [5, 5.41) is 4.36. The number of hydrogen-bond donors (Lipinski definition) is 1. The second kappa shape index (κ2) is 9.40. The van der Waals surface area contributed by atoms with Crippen molar-refractivity contribution in [2.75, 3.05) is 19.6 Å². The van der Waals surface area contributed by atoms with Gasteiger partial charge in [0, 0.05) is 29.7 Å². The highest BCUT2D eigenvalue weighted by Gasteiger charge is 2.22. The molecule has 1 heterocycles. The van der Waals surface area contributed by atoms with E-state index in [1.54, 1.807) is 0 Å². The smallest absolute Gasteiger partial charge is 0.124 e. The van der Waals surface area contributed by atoms with Crippen molar-refractivity contribution in [3.63, 3.8) is 0 Å². The van der Waals surface area contributed by atoms with Gasteiger partial charge in [0.2, 0.25) is 0 Å². The predicted molar refractivity (Wildman–Crippen MR) is 109 cm³/mol. The molecule has 1 aliphatic heterocycles. The number of benzene rings is 2. The number of nitrogens with zero attached hydrogens (tertiary/aromatic N) is 1. The quantitative estimate of drug-likeness (QED) is 0.720. The SMILES string of the molecule is CCN1CCCC1CNCc1cc(Cl)ccc1OCc1ccccc1C. The fourth-order valence-electron chi connectivity index (χ4n) is 3.67. The molecule has 26 heavy (non-hydrogen) atoms. The van der Waals surface area contributed by atoms with Gasteiger partial charge in [0.05, 0.1) is 0 Å². The summed E-state index contributed by atoms with van der Waals surface area (Å²) in [5.74, 6) is 0.906. The van der Waals surface area contributed by atoms with Crippen molar-refractivity contribution >= 4 is 11.6 Å². The van der Waals surface area contributed by atoms with E-state index < -0.39 is 0 Å². The van der Waals surface area contributed by atoms with Crippen LogP contribution in [0.25, 0.3) is 0 Å². The fourth-order valence-corrected chi connectivity index (χ4v) is 3.87. The van der Waals surface area contributed by atoms with Crippen LogP contribution in [0.4, 0.5) is 0 Å². The summed E-state index contributed by atoms with van der Waals surface area (Å²) in [5.41, 5.74) is 3.58. The molecule has 0 aliphatic carbocycles. The molecule has 0 amide bonds. The lowest BCUT2D eigenvalue weighted by Gasteiger charge is -2.23. The lowest BCUT2D eigenvalue weighted by molar-refractivity contribution is 0.259. The molecule has 1 saturated heterocycles. The molecule has 3 nitrogen and oxygen atoms in total. The Morgan fingerprint density at radius 1 is 1.19 bits per heavy atom. The van der Waals surface area contributed by atoms with Crippen LogP contribution in [0.3, 0.4) is 0 Å². The van der Waals surface area contributed by atoms with Gasteiger partial charge in [-0.3, -0.25) is 4.90 Å². The van der Waals surface area contributed by atoms with Crippen molar-refractivity contribution in [1.29, 1.82) is 0 Å². The van der Waals surface area contributed by atoms with Crippen LogP contribution >= 0.6 is 11.6 Å². The van der Waals surface area contributed by atoms with Gasteiger partial charge < -0.3 is 10.1 Å². The highest BCUT2D eigenvalue weighted by molar-refractivity contribution is 6.30. The first-order chi connectivity index (χ1) is 12.7. The molecule has 1 aliphatic rings. The van der Waals surface area contributed by atoms with Crippen LogP contribution in [0.2, 0.25) is 5.02 Å². The first-order valence-corrected chi connectivity index (χ1v) is 9.95. The minimum atomic E-state index is 0.577. The Bertz CT molecular complexity index is 719. The fraction of sp³-hybridized carbons (Fsp3) is 0.455. The summed E-state index contributed by atoms with van der Waals surface area (Å²) >= 11 is 6.22. The number of likely N-dealkylation sites (tertiary alicyclic amines) is 1. The van der Waals surface area contributed by atoms with Gasteiger partial charge in [-0.1, -0.05) is 42.8 Å². The molecule has 1 fully saturated rings. The molecule has 0 saturated carbocycles. The molecular formula is C22H29ClN2O. The molecule has 0 aromatic heterocycles. The third-order valence-corrected chi connectivity index (χ3v) is 5.50. The zero-order chi connectivity index (χ0) is 18.4. The van der Waals surface area contributed by atoms with Crippen molar-refractivity contribution in [2.45, 2.75) is 45.9 Å². The molecule has 1 N–H and O–H groups in total. The lowest BCUT2D eigenvalue weighted by atomic mass is 10.1. The Balaban J connectivity index is 1.59. The summed E-state index contributed by atoms with van der Waals surface area (Å²) in [6.45, 7) is 9.08. The average Bonchev–Trinajstić information content (AvgIpc) is 3.10. The first kappa shape index (κ1) is 19.2. The molecule has 2 aromatic rings. The number of likely N-dealkylation sites (N-methyl/N-ethyl adjacent to an activating group) is 1. The van der Waals surface area contributed by atoms with E-state index in [1.165, 1.54) is 30.5 Å². The van der Waals surface area contributed by atoms with E-state index in [9.17, 15) is 0 Å². The van der Waals surface area contributed by atoms with E-state index in [2.05, 4.69) is 48.3 Å². The molecular weight excluding hydrogens is 344 g/mol. The summed E-state index contributed by atoms with van der Waals surface area (Å²) in [6.07, 6.45) is 2.59. The highest BCUT2D eigenvalue weighted by Crippen LogP contribution is 2.24. The van der Waals surface area contributed by atoms with E-state index >= 15 is 0 Å². The van der Waals surface area contributed by atoms with Crippen molar-refractivity contribution < 1.29 is 4.74 Å². The summed E-state index contributed by atoms with van der Waals surface area (Å²) in [4.78, 5) is 2.56. The number of hydrogen-bond acceptors (Lipinski definition) is 3. The standard InChI is InChI=1S/C22H29ClN2O/c1-3-25-12-6-9-21(25)15-24-14-19-13-20(23)10-11-22(19)26-16-18-8-5-4-7-17(18)2/h4-5,7-8,10-11,13,21,24H,3,6,9,12,14-16H2,1-2H3. The van der Waals surface area contributed by atoms with Crippen molar-refractivity contribution in [3.05, 3.63) is 64.2 Å². The Kier molecular flexibility index (Phi) is 6.95. The minimum Gasteiger partial charge on any atom is -0.489 e. The van der Waals surface area contributed by atoms with Crippen LogP contribution in [-0.2, 0) is 13.2 Å². The van der Waals surface area contributed by atoms with Gasteiger partial charge >= 0.3 is 0 Å². The van der Waals surface area contributed by atoms with Gasteiger partial charge in [0.1, 0.15) is 12.4 Å². The Morgan fingerprint density at radius 2 is 2.04 bits per heavy atom. The molecule has 2 aromatic carbocycles. The van der Waals surface area contributed by atoms with E-state index in [0.29, 0.717) is 12.6 Å². The molecule has 1 unspecified atom stereocenters. The molecule has 3 rings (SSSR count). The van der Waals surface area contributed by atoms with Gasteiger partial charge in [-0.2, -0.15) is 0 Å². The van der Waals surface area contributed by atoms with Crippen LogP contribution < -0.4 is 10.1 Å². The van der Waals surface area contributed by atoms with Gasteiger partial charge in [-0.05, 0) is 62.2 Å². The van der Waals surface area contributed by atoms with E-state index in [4.69, 9.17) is 16.3 Å². The predicted octanol–water partition coefficient (Wildman–Crippen LogP) is 4.80. The Labute approximate surface area is 162 Å². The maximum absolute atomic E-state index is 6.22. The zero-order valence-corrected chi connectivity index (χ0v) is 16.6. The van der Waals surface area contributed by atoms with Crippen molar-refractivity contribution in [3.8, 4) is 5.75 Å². The van der Waals surface area contributed by atoms with Crippen LogP contribution in [0.1, 0.15) is 36.5 Å². The number of rotatable bonds is 8. The number of ether oxygens (including phenoxy) is 1. The van der Waals surface area contributed by atoms with Crippen molar-refractivity contribution in [2.24, 2.45) is 0 Å². The molecule has 1 atom stereocenters. The van der Waals surface area contributed by atoms with Crippen LogP contribution in [0, 0.1) is 6.92 Å². The normalized spacial score (nSPS) is 17.6. The maximum Gasteiger partial charge on any atom is 0.124 e. The molecule has 0 radical (unpaired) electrons. The second-order valence-electron chi connectivity index (χ2n) is 7.02. The van der Waals surface area contributed by atoms with Gasteiger partial charge in [-0.25, -0.2) is 0 Å². The Morgan fingerprint density at radius 3 is 2.85 bits per heavy atom. The van der Waals surface area contributed by atoms with Crippen LogP contribution in [-0.4, -0.2) is 30.6 Å². The monoisotopic (exact) mass is 372 g/mol. The van der Waals surface area contributed by atoms with E-state index in [-0.39, 0.29) is 0 Å². The number of aryl methyl sites for hydroxylation is 1. The topological polar surface area (TPSA) is 24.5 Å². The maximum atomic E-state index is 6.22. The van der Waals surface area contributed by atoms with Gasteiger partial charge in [0.25, 0.3) is 0 Å². The average molecular weight is 373 g/mol. The molecule has 4 heteroatoms. The zero-order valence-electron chi connectivity index (χ0n) is 15.8. The molecule has 0 spiro atoms. The highest BCUT2D eigenvalue weighted by atomic mass is 35.5. The number of halogens is 1. The summed E-state index contributed by atoms with van der Waals surface area (Å²) < 4.78 is 6.11. The minimum absolute atomic E-state index is 0.577. The third-order valence-electron chi connectivity index (χ3n) is 5.27. The second-order valence-corrected chi connectivity index (χ2v) is 7.46. The summed E-state index contributed by atoms with van der Waals surface area (Å²) in [6, 6.07) is 14.9. The number of nitrogens with one attached hydrogen (secondary N) is 1. The first-order valence-electron chi connectivity index (χ1n) is 9.58. The Hall–Kier alpha value is -1.55. The van der Waals surface area contributed by atoms with Gasteiger partial charge in [0.15, 0.2) is 0 Å². The third kappa shape index (κ3) is 5.00. The van der Waals surface area contributed by atoms with Crippen LogP contribution in [0.15, 0.2) is 42.5 Å². The largest absolute Gasteiger partial charge is 0.489 e. The van der Waals surface area contributed by atoms with Crippen molar-refractivity contribution in [1.82, 2.24) is 10.2 Å². The van der Waals surface area contributed by atoms with E-state index in [0.717, 1.165) is 36.0 Å². The van der Waals surface area contributed by atoms with Gasteiger partial charge in [-0.15, -0.1) is 0 Å². The van der Waals surface area contributed by atoms with Crippen LogP contribution in [0.5, 0.6) is 5.75 Å². The van der Waals surface area contributed by atoms with E-state index in [1.807, 2.05) is 18.2 Å².